The van der Waals surface area contributed by atoms with Crippen molar-refractivity contribution in [1.82, 2.24) is 10.3 Å². The number of piperidine rings is 1. The van der Waals surface area contributed by atoms with Gasteiger partial charge in [0.05, 0.1) is 0 Å². The molecule has 2 atom stereocenters. The van der Waals surface area contributed by atoms with Crippen molar-refractivity contribution in [2.24, 2.45) is 11.8 Å². The Bertz CT molecular complexity index is 456. The van der Waals surface area contributed by atoms with Crippen LogP contribution in [0.25, 0.3) is 0 Å². The first kappa shape index (κ1) is 14.1. The summed E-state index contributed by atoms with van der Waals surface area (Å²) in [6.07, 6.45) is 2.53. The Labute approximate surface area is 114 Å². The fourth-order valence-corrected chi connectivity index (χ4v) is 2.72. The van der Waals surface area contributed by atoms with Crippen molar-refractivity contribution in [2.75, 3.05) is 6.54 Å². The summed E-state index contributed by atoms with van der Waals surface area (Å²) < 4.78 is 5.45. The first-order valence-electron chi connectivity index (χ1n) is 6.87. The molecule has 2 unspecified atom stereocenters. The van der Waals surface area contributed by atoms with Crippen LogP contribution in [-0.4, -0.2) is 23.4 Å². The average Bonchev–Trinajstić information content (AvgIpc) is 2.75. The van der Waals surface area contributed by atoms with Crippen molar-refractivity contribution in [3.05, 3.63) is 23.2 Å². The predicted molar refractivity (Wildman–Crippen MR) is 73.4 cm³/mol. The highest BCUT2D eigenvalue weighted by molar-refractivity contribution is 5.91. The summed E-state index contributed by atoms with van der Waals surface area (Å²) in [4.78, 5) is 13.9. The summed E-state index contributed by atoms with van der Waals surface area (Å²) in [6.45, 7) is 8.40. The Hall–Kier alpha value is -1.33. The minimum atomic E-state index is -0.380. The summed E-state index contributed by atoms with van der Waals surface area (Å²) >= 11 is 0. The van der Waals surface area contributed by atoms with E-state index < -0.39 is 0 Å². The van der Waals surface area contributed by atoms with Crippen LogP contribution in [0.15, 0.2) is 10.5 Å². The lowest BCUT2D eigenvalue weighted by atomic mass is 9.92. The number of nitrogens with one attached hydrogen (secondary N) is 1. The SMILES string of the molecule is Cc1oc(C(=O)NN)cc1CN1CCCC(C)C1C. The predicted octanol–water partition coefficient (Wildman–Crippen LogP) is 1.81. The Morgan fingerprint density at radius 1 is 1.58 bits per heavy atom. The van der Waals surface area contributed by atoms with Crippen LogP contribution >= 0.6 is 0 Å². The quantitative estimate of drug-likeness (QED) is 0.497. The molecule has 0 saturated carbocycles. The fraction of sp³-hybridized carbons (Fsp3) is 0.643. The standard InChI is InChI=1S/C14H23N3O2/c1-9-5-4-6-17(10(9)2)8-12-7-13(14(18)16-15)19-11(12)3/h7,9-10H,4-6,8,15H2,1-3H3,(H,16,18). The first-order chi connectivity index (χ1) is 9.02. The second-order valence-corrected chi connectivity index (χ2v) is 5.50. The number of amides is 1. The van der Waals surface area contributed by atoms with Gasteiger partial charge in [0, 0.05) is 18.2 Å². The molecule has 1 aromatic heterocycles. The minimum absolute atomic E-state index is 0.285. The Morgan fingerprint density at radius 3 is 3.00 bits per heavy atom. The van der Waals surface area contributed by atoms with E-state index in [9.17, 15) is 4.79 Å². The Morgan fingerprint density at radius 2 is 2.32 bits per heavy atom. The molecule has 106 valence electrons. The molecule has 5 nitrogen and oxygen atoms in total. The monoisotopic (exact) mass is 265 g/mol. The maximum atomic E-state index is 11.4. The maximum Gasteiger partial charge on any atom is 0.300 e. The van der Waals surface area contributed by atoms with Crippen molar-refractivity contribution >= 4 is 5.91 Å². The topological polar surface area (TPSA) is 71.5 Å². The lowest BCUT2D eigenvalue weighted by molar-refractivity contribution is 0.0924. The largest absolute Gasteiger partial charge is 0.456 e. The van der Waals surface area contributed by atoms with Crippen molar-refractivity contribution in [2.45, 2.75) is 46.2 Å². The zero-order valence-electron chi connectivity index (χ0n) is 11.9. The van der Waals surface area contributed by atoms with Gasteiger partial charge in [-0.1, -0.05) is 6.92 Å². The molecule has 0 bridgehead atoms. The summed E-state index contributed by atoms with van der Waals surface area (Å²) in [5.41, 5.74) is 3.16. The van der Waals surface area contributed by atoms with Crippen LogP contribution in [0.5, 0.6) is 0 Å². The summed E-state index contributed by atoms with van der Waals surface area (Å²) in [7, 11) is 0. The number of nitrogens with zero attached hydrogens (tertiary/aromatic N) is 1. The average molecular weight is 265 g/mol. The molecule has 19 heavy (non-hydrogen) atoms. The van der Waals surface area contributed by atoms with Gasteiger partial charge in [0.1, 0.15) is 5.76 Å². The van der Waals surface area contributed by atoms with E-state index in [0.29, 0.717) is 12.0 Å². The van der Waals surface area contributed by atoms with Gasteiger partial charge in [0.15, 0.2) is 5.76 Å². The van der Waals surface area contributed by atoms with E-state index >= 15 is 0 Å². The van der Waals surface area contributed by atoms with Crippen molar-refractivity contribution in [3.8, 4) is 0 Å². The molecule has 1 aliphatic rings. The van der Waals surface area contributed by atoms with Gasteiger partial charge in [0.2, 0.25) is 0 Å². The van der Waals surface area contributed by atoms with Gasteiger partial charge in [-0.2, -0.15) is 0 Å². The molecule has 1 aromatic rings. The van der Waals surface area contributed by atoms with Gasteiger partial charge in [-0.15, -0.1) is 0 Å². The molecule has 0 spiro atoms. The number of carbonyl (C=O) groups excluding carboxylic acids is 1. The van der Waals surface area contributed by atoms with E-state index in [0.717, 1.165) is 24.4 Å². The van der Waals surface area contributed by atoms with Crippen molar-refractivity contribution < 1.29 is 9.21 Å². The number of hydrogen-bond acceptors (Lipinski definition) is 4. The third-order valence-corrected chi connectivity index (χ3v) is 4.25. The number of nitrogen functional groups attached to an aromatic ring is 1. The van der Waals surface area contributed by atoms with Gasteiger partial charge >= 0.3 is 5.91 Å². The first-order valence-corrected chi connectivity index (χ1v) is 6.87. The van der Waals surface area contributed by atoms with Crippen LogP contribution in [0.4, 0.5) is 0 Å². The number of nitrogens with two attached hydrogens (primary N) is 1. The number of likely N-dealkylation sites (tertiary alicyclic amines) is 1. The van der Waals surface area contributed by atoms with Crippen LogP contribution < -0.4 is 11.3 Å². The van der Waals surface area contributed by atoms with E-state index in [1.807, 2.05) is 6.92 Å². The molecule has 0 aromatic carbocycles. The summed E-state index contributed by atoms with van der Waals surface area (Å²) in [6, 6.07) is 2.36. The van der Waals surface area contributed by atoms with Crippen LogP contribution in [-0.2, 0) is 6.54 Å². The number of carbonyl (C=O) groups is 1. The number of rotatable bonds is 3. The zero-order chi connectivity index (χ0) is 14.0. The Kier molecular flexibility index (Phi) is 4.27. The maximum absolute atomic E-state index is 11.4. The fourth-order valence-electron chi connectivity index (χ4n) is 2.72. The van der Waals surface area contributed by atoms with E-state index in [1.54, 1.807) is 6.07 Å². The van der Waals surface area contributed by atoms with E-state index in [-0.39, 0.29) is 11.7 Å². The van der Waals surface area contributed by atoms with Crippen LogP contribution in [0, 0.1) is 12.8 Å². The van der Waals surface area contributed by atoms with Gasteiger partial charge in [-0.25, -0.2) is 5.84 Å². The smallest absolute Gasteiger partial charge is 0.300 e. The molecule has 0 radical (unpaired) electrons. The molecule has 1 aliphatic heterocycles. The summed E-state index contributed by atoms with van der Waals surface area (Å²) in [5, 5.41) is 0. The second-order valence-electron chi connectivity index (χ2n) is 5.50. The van der Waals surface area contributed by atoms with E-state index in [4.69, 9.17) is 10.3 Å². The molecule has 5 heteroatoms. The summed E-state index contributed by atoms with van der Waals surface area (Å²) in [5.74, 6) is 6.53. The molecule has 1 amide bonds. The molecule has 2 rings (SSSR count). The Balaban J connectivity index is 2.10. The van der Waals surface area contributed by atoms with Crippen molar-refractivity contribution in [1.29, 1.82) is 0 Å². The van der Waals surface area contributed by atoms with E-state index in [2.05, 4.69) is 24.2 Å². The third kappa shape index (κ3) is 2.98. The highest BCUT2D eigenvalue weighted by atomic mass is 16.4. The van der Waals surface area contributed by atoms with Gasteiger partial charge < -0.3 is 4.42 Å². The number of furan rings is 1. The molecule has 1 saturated heterocycles. The van der Waals surface area contributed by atoms with Crippen molar-refractivity contribution in [3.63, 3.8) is 0 Å². The van der Waals surface area contributed by atoms with E-state index in [1.165, 1.54) is 12.8 Å². The van der Waals surface area contributed by atoms with Crippen LogP contribution in [0.1, 0.15) is 48.6 Å². The number of hydrogen-bond donors (Lipinski definition) is 2. The molecular formula is C14H23N3O2. The molecule has 3 N–H and O–H groups in total. The highest BCUT2D eigenvalue weighted by Crippen LogP contribution is 2.26. The van der Waals surface area contributed by atoms with Crippen LogP contribution in [0.3, 0.4) is 0 Å². The van der Waals surface area contributed by atoms with Gasteiger partial charge in [0.25, 0.3) is 0 Å². The third-order valence-electron chi connectivity index (χ3n) is 4.25. The molecule has 0 aliphatic carbocycles. The molecule has 1 fully saturated rings. The van der Waals surface area contributed by atoms with Gasteiger partial charge in [-0.3, -0.25) is 15.1 Å². The number of aryl methyl sites for hydroxylation is 1. The lowest BCUT2D eigenvalue weighted by Gasteiger charge is -2.37. The normalized spacial score (nSPS) is 24.4. The van der Waals surface area contributed by atoms with Crippen LogP contribution in [0.2, 0.25) is 0 Å². The molecular weight excluding hydrogens is 242 g/mol. The lowest BCUT2D eigenvalue weighted by Crippen LogP contribution is -2.41. The zero-order valence-corrected chi connectivity index (χ0v) is 11.9. The highest BCUT2D eigenvalue weighted by Gasteiger charge is 2.26. The van der Waals surface area contributed by atoms with Gasteiger partial charge in [-0.05, 0) is 45.2 Å². The molecule has 2 heterocycles. The number of hydrazine groups is 1. The minimum Gasteiger partial charge on any atom is -0.456 e. The second kappa shape index (κ2) is 5.75.